The van der Waals surface area contributed by atoms with Crippen molar-refractivity contribution in [3.05, 3.63) is 0 Å². The highest BCUT2D eigenvalue weighted by atomic mass is 16.3. The van der Waals surface area contributed by atoms with Gasteiger partial charge in [0.15, 0.2) is 0 Å². The molecule has 0 saturated carbocycles. The van der Waals surface area contributed by atoms with Crippen LogP contribution in [0.15, 0.2) is 0 Å². The fourth-order valence-electron chi connectivity index (χ4n) is 1.24. The molecule has 3 nitrogen and oxygen atoms in total. The van der Waals surface area contributed by atoms with Crippen LogP contribution in [-0.2, 0) is 4.79 Å². The Hall–Kier alpha value is -0.410. The van der Waals surface area contributed by atoms with Gasteiger partial charge in [-0.2, -0.15) is 0 Å². The zero-order chi connectivity index (χ0) is 11.0. The second-order valence-corrected chi connectivity index (χ2v) is 3.94. The van der Waals surface area contributed by atoms with E-state index >= 15 is 0 Å². The molecule has 0 aromatic carbocycles. The SMILES string of the molecule is CCC(=O)CCCN(C)CCC(C)O. The summed E-state index contributed by atoms with van der Waals surface area (Å²) in [6.07, 6.45) is 2.85. The van der Waals surface area contributed by atoms with Crippen molar-refractivity contribution in [2.45, 2.75) is 45.6 Å². The van der Waals surface area contributed by atoms with Crippen molar-refractivity contribution in [1.82, 2.24) is 4.90 Å². The Bertz CT molecular complexity index is 157. The van der Waals surface area contributed by atoms with Gasteiger partial charge in [-0.1, -0.05) is 6.92 Å². The monoisotopic (exact) mass is 201 g/mol. The van der Waals surface area contributed by atoms with Crippen LogP contribution in [0, 0.1) is 0 Å². The van der Waals surface area contributed by atoms with E-state index in [0.717, 1.165) is 25.9 Å². The number of carbonyl (C=O) groups is 1. The third-order valence-electron chi connectivity index (χ3n) is 2.32. The summed E-state index contributed by atoms with van der Waals surface area (Å²) >= 11 is 0. The highest BCUT2D eigenvalue weighted by Crippen LogP contribution is 1.99. The summed E-state index contributed by atoms with van der Waals surface area (Å²) in [6, 6.07) is 0. The van der Waals surface area contributed by atoms with Crippen LogP contribution in [0.3, 0.4) is 0 Å². The molecule has 84 valence electrons. The smallest absolute Gasteiger partial charge is 0.132 e. The molecule has 0 aromatic rings. The van der Waals surface area contributed by atoms with Gasteiger partial charge in [-0.05, 0) is 33.4 Å². The van der Waals surface area contributed by atoms with Gasteiger partial charge in [0.05, 0.1) is 6.10 Å². The van der Waals surface area contributed by atoms with Crippen LogP contribution in [0.25, 0.3) is 0 Å². The molecule has 0 saturated heterocycles. The number of nitrogens with zero attached hydrogens (tertiary/aromatic N) is 1. The first kappa shape index (κ1) is 13.6. The predicted molar refractivity (Wildman–Crippen MR) is 58.3 cm³/mol. The molecule has 0 amide bonds. The van der Waals surface area contributed by atoms with Crippen molar-refractivity contribution in [1.29, 1.82) is 0 Å². The molecule has 0 aliphatic heterocycles. The van der Waals surface area contributed by atoms with E-state index in [9.17, 15) is 4.79 Å². The Morgan fingerprint density at radius 3 is 2.57 bits per heavy atom. The number of hydrogen-bond acceptors (Lipinski definition) is 3. The first-order valence-electron chi connectivity index (χ1n) is 5.44. The zero-order valence-electron chi connectivity index (χ0n) is 9.62. The Morgan fingerprint density at radius 2 is 2.07 bits per heavy atom. The van der Waals surface area contributed by atoms with Crippen LogP contribution >= 0.6 is 0 Å². The van der Waals surface area contributed by atoms with Crippen LogP contribution in [0.4, 0.5) is 0 Å². The average Bonchev–Trinajstić information content (AvgIpc) is 2.14. The molecule has 0 heterocycles. The summed E-state index contributed by atoms with van der Waals surface area (Å²) in [5.74, 6) is 0.342. The summed E-state index contributed by atoms with van der Waals surface area (Å²) in [6.45, 7) is 5.55. The van der Waals surface area contributed by atoms with Gasteiger partial charge < -0.3 is 10.0 Å². The average molecular weight is 201 g/mol. The Balaban J connectivity index is 3.35. The minimum atomic E-state index is -0.227. The minimum absolute atomic E-state index is 0.227. The summed E-state index contributed by atoms with van der Waals surface area (Å²) in [4.78, 5) is 13.2. The number of aliphatic hydroxyl groups excluding tert-OH is 1. The van der Waals surface area contributed by atoms with Gasteiger partial charge in [0.2, 0.25) is 0 Å². The summed E-state index contributed by atoms with van der Waals surface area (Å²) in [7, 11) is 2.03. The van der Waals surface area contributed by atoms with E-state index in [2.05, 4.69) is 4.90 Å². The highest BCUT2D eigenvalue weighted by molar-refractivity contribution is 5.77. The highest BCUT2D eigenvalue weighted by Gasteiger charge is 2.03. The molecule has 1 unspecified atom stereocenters. The third-order valence-corrected chi connectivity index (χ3v) is 2.32. The molecule has 1 atom stereocenters. The first-order chi connectivity index (χ1) is 6.56. The number of hydrogen-bond donors (Lipinski definition) is 1. The molecular formula is C11H23NO2. The largest absolute Gasteiger partial charge is 0.393 e. The lowest BCUT2D eigenvalue weighted by atomic mass is 10.2. The van der Waals surface area contributed by atoms with Gasteiger partial charge in [-0.25, -0.2) is 0 Å². The third kappa shape index (κ3) is 8.20. The maximum absolute atomic E-state index is 11.0. The molecule has 1 N–H and O–H groups in total. The second-order valence-electron chi connectivity index (χ2n) is 3.94. The van der Waals surface area contributed by atoms with Crippen molar-refractivity contribution in [3.63, 3.8) is 0 Å². The van der Waals surface area contributed by atoms with E-state index in [0.29, 0.717) is 18.6 Å². The topological polar surface area (TPSA) is 40.5 Å². The van der Waals surface area contributed by atoms with E-state index in [4.69, 9.17) is 5.11 Å². The molecule has 0 bridgehead atoms. The standard InChI is InChI=1S/C11H23NO2/c1-4-11(14)6-5-8-12(3)9-7-10(2)13/h10,13H,4-9H2,1-3H3. The fourth-order valence-corrected chi connectivity index (χ4v) is 1.24. The van der Waals surface area contributed by atoms with Crippen LogP contribution in [-0.4, -0.2) is 42.0 Å². The maximum Gasteiger partial charge on any atom is 0.132 e. The van der Waals surface area contributed by atoms with E-state index in [1.807, 2.05) is 14.0 Å². The molecule has 3 heteroatoms. The lowest BCUT2D eigenvalue weighted by Gasteiger charge is -2.16. The molecule has 0 fully saturated rings. The van der Waals surface area contributed by atoms with Crippen molar-refractivity contribution in [2.24, 2.45) is 0 Å². The Morgan fingerprint density at radius 1 is 1.43 bits per heavy atom. The molecule has 0 aromatic heterocycles. The molecule has 0 spiro atoms. The maximum atomic E-state index is 11.0. The van der Waals surface area contributed by atoms with E-state index < -0.39 is 0 Å². The number of Topliss-reactive ketones (excluding diaryl/α,β-unsaturated/α-hetero) is 1. The van der Waals surface area contributed by atoms with Gasteiger partial charge in [0.1, 0.15) is 5.78 Å². The van der Waals surface area contributed by atoms with Crippen LogP contribution in [0.2, 0.25) is 0 Å². The predicted octanol–water partition coefficient (Wildman–Crippen LogP) is 1.45. The zero-order valence-corrected chi connectivity index (χ0v) is 9.62. The number of aliphatic hydroxyl groups is 1. The lowest BCUT2D eigenvalue weighted by molar-refractivity contribution is -0.118. The van der Waals surface area contributed by atoms with Crippen molar-refractivity contribution in [3.8, 4) is 0 Å². The molecule has 0 aliphatic rings. The van der Waals surface area contributed by atoms with Crippen molar-refractivity contribution >= 4 is 5.78 Å². The fraction of sp³-hybridized carbons (Fsp3) is 0.909. The number of rotatable bonds is 8. The van der Waals surface area contributed by atoms with Gasteiger partial charge in [-0.15, -0.1) is 0 Å². The Labute approximate surface area is 87.1 Å². The normalized spacial score (nSPS) is 13.2. The quantitative estimate of drug-likeness (QED) is 0.646. The van der Waals surface area contributed by atoms with Gasteiger partial charge in [0.25, 0.3) is 0 Å². The van der Waals surface area contributed by atoms with Crippen molar-refractivity contribution in [2.75, 3.05) is 20.1 Å². The van der Waals surface area contributed by atoms with Gasteiger partial charge >= 0.3 is 0 Å². The summed E-state index contributed by atoms with van der Waals surface area (Å²) in [5, 5.41) is 9.07. The first-order valence-corrected chi connectivity index (χ1v) is 5.44. The van der Waals surface area contributed by atoms with E-state index in [1.54, 1.807) is 6.92 Å². The Kier molecular flexibility index (Phi) is 7.71. The van der Waals surface area contributed by atoms with E-state index in [-0.39, 0.29) is 6.10 Å². The van der Waals surface area contributed by atoms with Crippen LogP contribution < -0.4 is 0 Å². The van der Waals surface area contributed by atoms with Gasteiger partial charge in [-0.3, -0.25) is 4.79 Å². The van der Waals surface area contributed by atoms with Gasteiger partial charge in [0, 0.05) is 19.4 Å². The molecule has 14 heavy (non-hydrogen) atoms. The molecule has 0 radical (unpaired) electrons. The van der Waals surface area contributed by atoms with Crippen LogP contribution in [0.1, 0.15) is 39.5 Å². The number of ketones is 1. The molecule has 0 aliphatic carbocycles. The summed E-state index contributed by atoms with van der Waals surface area (Å²) < 4.78 is 0. The lowest BCUT2D eigenvalue weighted by Crippen LogP contribution is -2.24. The minimum Gasteiger partial charge on any atom is -0.393 e. The van der Waals surface area contributed by atoms with Crippen molar-refractivity contribution < 1.29 is 9.90 Å². The number of carbonyl (C=O) groups excluding carboxylic acids is 1. The van der Waals surface area contributed by atoms with Crippen LogP contribution in [0.5, 0.6) is 0 Å². The van der Waals surface area contributed by atoms with E-state index in [1.165, 1.54) is 0 Å². The second kappa shape index (κ2) is 7.94. The molecular weight excluding hydrogens is 178 g/mol. The molecule has 0 rings (SSSR count). The summed E-state index contributed by atoms with van der Waals surface area (Å²) in [5.41, 5.74) is 0.